The maximum atomic E-state index is 11.8. The van der Waals surface area contributed by atoms with Crippen molar-refractivity contribution >= 4 is 9.84 Å². The molecule has 0 aliphatic heterocycles. The van der Waals surface area contributed by atoms with Crippen molar-refractivity contribution < 1.29 is 8.42 Å². The van der Waals surface area contributed by atoms with Crippen LogP contribution in [0.4, 0.5) is 0 Å². The molecule has 0 aromatic heterocycles. The first-order chi connectivity index (χ1) is 9.50. The van der Waals surface area contributed by atoms with E-state index in [1.165, 1.54) is 51.2 Å². The van der Waals surface area contributed by atoms with Gasteiger partial charge in [-0.1, -0.05) is 32.1 Å². The van der Waals surface area contributed by atoms with Crippen LogP contribution in [-0.4, -0.2) is 33.0 Å². The van der Waals surface area contributed by atoms with Gasteiger partial charge in [0.05, 0.1) is 5.25 Å². The van der Waals surface area contributed by atoms with E-state index in [1.807, 2.05) is 7.05 Å². The molecule has 0 saturated heterocycles. The van der Waals surface area contributed by atoms with Crippen LogP contribution in [-0.2, 0) is 9.84 Å². The third-order valence-electron chi connectivity index (χ3n) is 5.57. The van der Waals surface area contributed by atoms with Crippen LogP contribution in [0.1, 0.15) is 64.2 Å². The van der Waals surface area contributed by atoms with Crippen molar-refractivity contribution in [3.8, 4) is 0 Å². The molecular weight excluding hydrogens is 270 g/mol. The van der Waals surface area contributed by atoms with E-state index in [-0.39, 0.29) is 5.25 Å². The zero-order valence-electron chi connectivity index (χ0n) is 13.1. The highest BCUT2D eigenvalue weighted by Crippen LogP contribution is 2.34. The first kappa shape index (κ1) is 16.3. The normalized spacial score (nSPS) is 30.5. The maximum Gasteiger partial charge on any atom is 0.150 e. The van der Waals surface area contributed by atoms with Gasteiger partial charge in [-0.3, -0.25) is 0 Å². The highest BCUT2D eigenvalue weighted by Gasteiger charge is 2.32. The Labute approximate surface area is 124 Å². The van der Waals surface area contributed by atoms with Gasteiger partial charge in [0.15, 0.2) is 0 Å². The molecule has 0 spiro atoms. The summed E-state index contributed by atoms with van der Waals surface area (Å²) in [5.74, 6) is 1.48. The SMILES string of the molecule is CNC(CCC1CCCC1)C1CCCC(S(C)(=O)=O)C1. The van der Waals surface area contributed by atoms with Gasteiger partial charge in [-0.25, -0.2) is 8.42 Å². The van der Waals surface area contributed by atoms with E-state index in [4.69, 9.17) is 0 Å². The number of hydrogen-bond acceptors (Lipinski definition) is 3. The lowest BCUT2D eigenvalue weighted by atomic mass is 9.81. The van der Waals surface area contributed by atoms with Gasteiger partial charge in [0.1, 0.15) is 9.84 Å². The molecule has 4 heteroatoms. The molecular formula is C16H31NO2S. The smallest absolute Gasteiger partial charge is 0.150 e. The second kappa shape index (κ2) is 7.26. The fraction of sp³-hybridized carbons (Fsp3) is 1.00. The second-order valence-corrected chi connectivity index (χ2v) is 9.33. The van der Waals surface area contributed by atoms with Crippen LogP contribution < -0.4 is 5.32 Å². The van der Waals surface area contributed by atoms with Crippen molar-refractivity contribution in [3.63, 3.8) is 0 Å². The van der Waals surface area contributed by atoms with Crippen molar-refractivity contribution in [1.29, 1.82) is 0 Å². The van der Waals surface area contributed by atoms with E-state index >= 15 is 0 Å². The summed E-state index contributed by atoms with van der Waals surface area (Å²) in [7, 11) is -0.814. The summed E-state index contributed by atoms with van der Waals surface area (Å²) in [6, 6.07) is 0.514. The first-order valence-electron chi connectivity index (χ1n) is 8.37. The van der Waals surface area contributed by atoms with Crippen LogP contribution in [0.3, 0.4) is 0 Å². The standard InChI is InChI=1S/C16H31NO2S/c1-17-16(11-10-13-6-3-4-7-13)14-8-5-9-15(12-14)20(2,18)19/h13-17H,3-12H2,1-2H3. The van der Waals surface area contributed by atoms with E-state index in [0.29, 0.717) is 12.0 Å². The minimum atomic E-state index is -2.86. The van der Waals surface area contributed by atoms with Gasteiger partial charge in [0.2, 0.25) is 0 Å². The van der Waals surface area contributed by atoms with E-state index in [2.05, 4.69) is 5.32 Å². The van der Waals surface area contributed by atoms with Gasteiger partial charge in [-0.15, -0.1) is 0 Å². The molecule has 0 amide bonds. The molecule has 0 radical (unpaired) electrons. The minimum Gasteiger partial charge on any atom is -0.317 e. The number of sulfone groups is 1. The lowest BCUT2D eigenvalue weighted by Gasteiger charge is -2.34. The van der Waals surface area contributed by atoms with E-state index < -0.39 is 9.84 Å². The Hall–Kier alpha value is -0.0900. The van der Waals surface area contributed by atoms with Gasteiger partial charge in [-0.05, 0) is 51.0 Å². The number of hydrogen-bond donors (Lipinski definition) is 1. The maximum absolute atomic E-state index is 11.8. The van der Waals surface area contributed by atoms with Crippen LogP contribution in [0.15, 0.2) is 0 Å². The van der Waals surface area contributed by atoms with Crippen LogP contribution >= 0.6 is 0 Å². The Morgan fingerprint density at radius 2 is 1.80 bits per heavy atom. The summed E-state index contributed by atoms with van der Waals surface area (Å²) < 4.78 is 23.6. The van der Waals surface area contributed by atoms with Gasteiger partial charge in [0.25, 0.3) is 0 Å². The van der Waals surface area contributed by atoms with Crippen LogP contribution in [0.5, 0.6) is 0 Å². The summed E-state index contributed by atoms with van der Waals surface area (Å²) >= 11 is 0. The Morgan fingerprint density at radius 3 is 2.40 bits per heavy atom. The second-order valence-electron chi connectivity index (χ2n) is 7.00. The fourth-order valence-corrected chi connectivity index (χ4v) is 5.46. The largest absolute Gasteiger partial charge is 0.317 e. The van der Waals surface area contributed by atoms with E-state index in [9.17, 15) is 8.42 Å². The Morgan fingerprint density at radius 1 is 1.10 bits per heavy atom. The fourth-order valence-electron chi connectivity index (χ4n) is 4.27. The number of rotatable bonds is 6. The van der Waals surface area contributed by atoms with Crippen LogP contribution in [0, 0.1) is 11.8 Å². The van der Waals surface area contributed by atoms with Crippen molar-refractivity contribution in [2.75, 3.05) is 13.3 Å². The minimum absolute atomic E-state index is 0.0939. The summed E-state index contributed by atoms with van der Waals surface area (Å²) in [6.45, 7) is 0. The molecule has 2 fully saturated rings. The highest BCUT2D eigenvalue weighted by atomic mass is 32.2. The average molecular weight is 301 g/mol. The molecule has 3 nitrogen and oxygen atoms in total. The first-order valence-corrected chi connectivity index (χ1v) is 10.3. The van der Waals surface area contributed by atoms with Crippen LogP contribution in [0.25, 0.3) is 0 Å². The lowest BCUT2D eigenvalue weighted by Crippen LogP contribution is -2.39. The average Bonchev–Trinajstić information content (AvgIpc) is 2.92. The summed E-state index contributed by atoms with van der Waals surface area (Å²) in [5.41, 5.74) is 0. The third-order valence-corrected chi connectivity index (χ3v) is 7.21. The molecule has 20 heavy (non-hydrogen) atoms. The zero-order valence-corrected chi connectivity index (χ0v) is 13.9. The zero-order chi connectivity index (χ0) is 14.6. The predicted molar refractivity (Wildman–Crippen MR) is 84.6 cm³/mol. The van der Waals surface area contributed by atoms with Crippen molar-refractivity contribution in [2.24, 2.45) is 11.8 Å². The molecule has 0 aromatic carbocycles. The molecule has 2 aliphatic rings. The number of nitrogens with one attached hydrogen (secondary N) is 1. The highest BCUT2D eigenvalue weighted by molar-refractivity contribution is 7.91. The molecule has 3 atom stereocenters. The molecule has 2 saturated carbocycles. The molecule has 0 heterocycles. The van der Waals surface area contributed by atoms with Gasteiger partial charge in [0, 0.05) is 12.3 Å². The van der Waals surface area contributed by atoms with Crippen molar-refractivity contribution in [3.05, 3.63) is 0 Å². The van der Waals surface area contributed by atoms with Crippen molar-refractivity contribution in [2.45, 2.75) is 75.5 Å². The Balaban J connectivity index is 1.86. The van der Waals surface area contributed by atoms with Gasteiger partial charge in [-0.2, -0.15) is 0 Å². The summed E-state index contributed by atoms with van der Waals surface area (Å²) in [4.78, 5) is 0. The van der Waals surface area contributed by atoms with E-state index in [0.717, 1.165) is 25.2 Å². The molecule has 3 unspecified atom stereocenters. The van der Waals surface area contributed by atoms with Crippen molar-refractivity contribution in [1.82, 2.24) is 5.32 Å². The molecule has 1 N–H and O–H groups in total. The molecule has 0 bridgehead atoms. The quantitative estimate of drug-likeness (QED) is 0.820. The molecule has 2 aliphatic carbocycles. The van der Waals surface area contributed by atoms with Gasteiger partial charge >= 0.3 is 0 Å². The van der Waals surface area contributed by atoms with E-state index in [1.54, 1.807) is 0 Å². The molecule has 118 valence electrons. The lowest BCUT2D eigenvalue weighted by molar-refractivity contribution is 0.256. The monoisotopic (exact) mass is 301 g/mol. The Kier molecular flexibility index (Phi) is 5.91. The summed E-state index contributed by atoms with van der Waals surface area (Å²) in [5, 5.41) is 3.38. The topological polar surface area (TPSA) is 46.2 Å². The Bertz CT molecular complexity index is 387. The molecule has 2 rings (SSSR count). The summed E-state index contributed by atoms with van der Waals surface area (Å²) in [6.07, 6.45) is 13.6. The van der Waals surface area contributed by atoms with Crippen LogP contribution in [0.2, 0.25) is 0 Å². The predicted octanol–water partition coefficient (Wildman–Crippen LogP) is 3.15. The molecule has 0 aromatic rings. The third kappa shape index (κ3) is 4.45. The van der Waals surface area contributed by atoms with Gasteiger partial charge < -0.3 is 5.32 Å².